The maximum absolute atomic E-state index is 12.3. The second kappa shape index (κ2) is 7.61. The number of nitrogens with one attached hydrogen (secondary N) is 2. The lowest BCUT2D eigenvalue weighted by Crippen LogP contribution is -2.32. The van der Waals surface area contributed by atoms with E-state index in [2.05, 4.69) is 26.0 Å². The van der Waals surface area contributed by atoms with Crippen molar-refractivity contribution in [3.8, 4) is 5.75 Å². The lowest BCUT2D eigenvalue weighted by atomic mass is 10.2. The summed E-state index contributed by atoms with van der Waals surface area (Å²) in [5.41, 5.74) is 0.932. The van der Waals surface area contributed by atoms with Crippen LogP contribution in [0, 0.1) is 0 Å². The highest BCUT2D eigenvalue weighted by molar-refractivity contribution is 9.10. The molecule has 2 rings (SSSR count). The summed E-state index contributed by atoms with van der Waals surface area (Å²) in [4.78, 5) is 0.214. The second-order valence-electron chi connectivity index (χ2n) is 4.24. The van der Waals surface area contributed by atoms with E-state index in [1.54, 1.807) is 6.07 Å². The maximum atomic E-state index is 12.3. The smallest absolute Gasteiger partial charge is 0.244 e. The molecular formula is C12H18BrClN2O3S. The van der Waals surface area contributed by atoms with Crippen molar-refractivity contribution in [2.24, 2.45) is 0 Å². The molecule has 1 aromatic rings. The van der Waals surface area contributed by atoms with Crippen molar-refractivity contribution in [3.05, 3.63) is 22.2 Å². The van der Waals surface area contributed by atoms with Gasteiger partial charge in [0, 0.05) is 29.5 Å². The Hall–Kier alpha value is -0.340. The number of benzene rings is 1. The highest BCUT2D eigenvalue weighted by Crippen LogP contribution is 2.35. The number of likely N-dealkylation sites (N-methyl/N-ethyl adjacent to an activating group) is 1. The number of hydrogen-bond acceptors (Lipinski definition) is 4. The molecule has 1 heterocycles. The van der Waals surface area contributed by atoms with Crippen LogP contribution in [-0.4, -0.2) is 34.7 Å². The number of fused-ring (bicyclic) bond motifs is 1. The summed E-state index contributed by atoms with van der Waals surface area (Å²) < 4.78 is 33.3. The number of halogens is 2. The van der Waals surface area contributed by atoms with E-state index >= 15 is 0 Å². The maximum Gasteiger partial charge on any atom is 0.244 e. The average molecular weight is 386 g/mol. The molecule has 1 aliphatic rings. The molecule has 0 spiro atoms. The Balaban J connectivity index is 0.00000200. The second-order valence-corrected chi connectivity index (χ2v) is 6.89. The van der Waals surface area contributed by atoms with E-state index in [1.165, 1.54) is 0 Å². The molecule has 0 fully saturated rings. The predicted molar refractivity (Wildman–Crippen MR) is 84.3 cm³/mol. The van der Waals surface area contributed by atoms with Gasteiger partial charge in [-0.15, -0.1) is 12.4 Å². The topological polar surface area (TPSA) is 67.4 Å². The van der Waals surface area contributed by atoms with Crippen LogP contribution in [0.1, 0.15) is 12.5 Å². The highest BCUT2D eigenvalue weighted by atomic mass is 79.9. The van der Waals surface area contributed by atoms with Crippen LogP contribution in [0.4, 0.5) is 0 Å². The van der Waals surface area contributed by atoms with Gasteiger partial charge in [0.15, 0.2) is 0 Å². The van der Waals surface area contributed by atoms with E-state index in [-0.39, 0.29) is 17.3 Å². The Kier molecular flexibility index (Phi) is 6.74. The number of ether oxygens (including phenoxy) is 1. The van der Waals surface area contributed by atoms with Crippen molar-refractivity contribution in [1.29, 1.82) is 0 Å². The van der Waals surface area contributed by atoms with Gasteiger partial charge < -0.3 is 10.1 Å². The zero-order valence-corrected chi connectivity index (χ0v) is 14.3. The minimum Gasteiger partial charge on any atom is -0.492 e. The van der Waals surface area contributed by atoms with E-state index in [1.807, 2.05) is 13.0 Å². The molecule has 0 amide bonds. The zero-order valence-electron chi connectivity index (χ0n) is 11.1. The first kappa shape index (κ1) is 17.7. The molecule has 0 aromatic heterocycles. The van der Waals surface area contributed by atoms with Crippen molar-refractivity contribution < 1.29 is 13.2 Å². The molecule has 0 bridgehead atoms. The van der Waals surface area contributed by atoms with Gasteiger partial charge in [-0.05, 0) is 18.7 Å². The number of sulfonamides is 1. The summed E-state index contributed by atoms with van der Waals surface area (Å²) in [5, 5.41) is 3.07. The highest BCUT2D eigenvalue weighted by Gasteiger charge is 2.25. The van der Waals surface area contributed by atoms with Gasteiger partial charge in [0.1, 0.15) is 10.6 Å². The fourth-order valence-electron chi connectivity index (χ4n) is 1.96. The molecule has 1 aromatic carbocycles. The Morgan fingerprint density at radius 1 is 1.35 bits per heavy atom. The number of hydrogen-bond donors (Lipinski definition) is 2. The third kappa shape index (κ3) is 4.08. The van der Waals surface area contributed by atoms with E-state index < -0.39 is 10.0 Å². The fraction of sp³-hybridized carbons (Fsp3) is 0.500. The van der Waals surface area contributed by atoms with Gasteiger partial charge in [-0.3, -0.25) is 0 Å². The third-order valence-corrected chi connectivity index (χ3v) is 4.77. The van der Waals surface area contributed by atoms with Gasteiger partial charge >= 0.3 is 0 Å². The average Bonchev–Trinajstić information content (AvgIpc) is 2.81. The normalized spacial score (nSPS) is 13.5. The van der Waals surface area contributed by atoms with Crippen LogP contribution in [0.2, 0.25) is 0 Å². The molecule has 0 aliphatic carbocycles. The number of rotatable bonds is 6. The summed E-state index contributed by atoms with van der Waals surface area (Å²) in [5.74, 6) is 0.485. The minimum atomic E-state index is -3.53. The van der Waals surface area contributed by atoms with E-state index in [0.29, 0.717) is 25.4 Å². The van der Waals surface area contributed by atoms with Crippen molar-refractivity contribution >= 4 is 38.4 Å². The van der Waals surface area contributed by atoms with Gasteiger partial charge in [0.25, 0.3) is 0 Å². The van der Waals surface area contributed by atoms with Gasteiger partial charge in [0.2, 0.25) is 10.0 Å². The van der Waals surface area contributed by atoms with Crippen LogP contribution in [0.15, 0.2) is 21.5 Å². The summed E-state index contributed by atoms with van der Waals surface area (Å²) in [6, 6.07) is 3.49. The fourth-order valence-corrected chi connectivity index (χ4v) is 3.86. The van der Waals surface area contributed by atoms with Crippen molar-refractivity contribution in [2.45, 2.75) is 18.2 Å². The molecule has 0 radical (unpaired) electrons. The first-order chi connectivity index (χ1) is 9.04. The summed E-state index contributed by atoms with van der Waals surface area (Å²) >= 11 is 3.34. The van der Waals surface area contributed by atoms with Gasteiger partial charge in [-0.25, -0.2) is 13.1 Å². The minimum absolute atomic E-state index is 0. The Labute approximate surface area is 134 Å². The van der Waals surface area contributed by atoms with Crippen molar-refractivity contribution in [1.82, 2.24) is 10.0 Å². The van der Waals surface area contributed by atoms with Crippen LogP contribution in [0.3, 0.4) is 0 Å². The lowest BCUT2D eigenvalue weighted by Gasteiger charge is -2.11. The monoisotopic (exact) mass is 384 g/mol. The van der Waals surface area contributed by atoms with Crippen LogP contribution in [0.5, 0.6) is 5.75 Å². The first-order valence-electron chi connectivity index (χ1n) is 6.20. The lowest BCUT2D eigenvalue weighted by molar-refractivity contribution is 0.348. The summed E-state index contributed by atoms with van der Waals surface area (Å²) in [7, 11) is -3.53. The Morgan fingerprint density at radius 2 is 2.10 bits per heavy atom. The molecule has 0 atom stereocenters. The molecule has 8 heteroatoms. The molecule has 114 valence electrons. The van der Waals surface area contributed by atoms with E-state index in [0.717, 1.165) is 23.0 Å². The first-order valence-corrected chi connectivity index (χ1v) is 8.48. The van der Waals surface area contributed by atoms with E-state index in [9.17, 15) is 8.42 Å². The molecule has 0 saturated heterocycles. The Bertz CT molecular complexity index is 566. The molecular weight excluding hydrogens is 368 g/mol. The molecule has 0 saturated carbocycles. The molecule has 0 unspecified atom stereocenters. The summed E-state index contributed by atoms with van der Waals surface area (Å²) in [6.07, 6.45) is 0.745. The van der Waals surface area contributed by atoms with Crippen LogP contribution in [0.25, 0.3) is 0 Å². The van der Waals surface area contributed by atoms with Gasteiger partial charge in [0.05, 0.1) is 6.61 Å². The van der Waals surface area contributed by atoms with Gasteiger partial charge in [-0.2, -0.15) is 0 Å². The largest absolute Gasteiger partial charge is 0.492 e. The standard InChI is InChI=1S/C12H17BrN2O3S.ClH/c1-2-14-4-5-15-19(16,17)11-8-10(13)7-9-3-6-18-12(9)11;/h7-8,14-15H,2-6H2,1H3;1H. The van der Waals surface area contributed by atoms with E-state index in [4.69, 9.17) is 4.74 Å². The molecule has 1 aliphatic heterocycles. The Morgan fingerprint density at radius 3 is 2.80 bits per heavy atom. The van der Waals surface area contributed by atoms with Crippen LogP contribution in [-0.2, 0) is 16.4 Å². The van der Waals surface area contributed by atoms with Crippen LogP contribution >= 0.6 is 28.3 Å². The third-order valence-electron chi connectivity index (χ3n) is 2.85. The summed E-state index contributed by atoms with van der Waals surface area (Å²) in [6.45, 7) is 4.29. The van der Waals surface area contributed by atoms with Gasteiger partial charge in [-0.1, -0.05) is 22.9 Å². The van der Waals surface area contributed by atoms with Crippen LogP contribution < -0.4 is 14.8 Å². The molecule has 2 N–H and O–H groups in total. The zero-order chi connectivity index (χ0) is 13.9. The SMILES string of the molecule is CCNCCNS(=O)(=O)c1cc(Br)cc2c1OCC2.Cl. The quantitative estimate of drug-likeness (QED) is 0.731. The molecule has 5 nitrogen and oxygen atoms in total. The predicted octanol–water partition coefficient (Wildman–Crippen LogP) is 1.69. The molecule has 20 heavy (non-hydrogen) atoms. The van der Waals surface area contributed by atoms with Crippen molar-refractivity contribution in [3.63, 3.8) is 0 Å². The van der Waals surface area contributed by atoms with Crippen molar-refractivity contribution in [2.75, 3.05) is 26.2 Å².